The van der Waals surface area contributed by atoms with Gasteiger partial charge in [0.15, 0.2) is 5.16 Å². The minimum Gasteiger partial charge on any atom is -0.333 e. The minimum absolute atomic E-state index is 0.602. The molecule has 114 valence electrons. The summed E-state index contributed by atoms with van der Waals surface area (Å²) in [6, 6.07) is 6.99. The van der Waals surface area contributed by atoms with Crippen molar-refractivity contribution in [3.05, 3.63) is 23.8 Å². The molecule has 0 radical (unpaired) electrons. The standard InChI is InChI=1S/C17H25N3S/c1-12-8-9-14-15(10-12)20-17(19-14)21-11-16(18-2)13-6-4-3-5-7-13/h8-10,13,16,18H,3-7,11H2,1-2H3,(H,19,20). The van der Waals surface area contributed by atoms with Crippen molar-refractivity contribution in [2.45, 2.75) is 50.2 Å². The number of nitrogens with one attached hydrogen (secondary N) is 2. The molecule has 1 aliphatic carbocycles. The first-order valence-corrected chi connectivity index (χ1v) is 9.01. The zero-order valence-corrected chi connectivity index (χ0v) is 13.8. The Kier molecular flexibility index (Phi) is 4.86. The monoisotopic (exact) mass is 303 g/mol. The highest BCUT2D eigenvalue weighted by Gasteiger charge is 2.22. The molecule has 21 heavy (non-hydrogen) atoms. The molecule has 2 aromatic rings. The highest BCUT2D eigenvalue weighted by molar-refractivity contribution is 7.99. The number of thioether (sulfide) groups is 1. The Morgan fingerprint density at radius 3 is 2.90 bits per heavy atom. The predicted molar refractivity (Wildman–Crippen MR) is 91.0 cm³/mol. The first-order valence-electron chi connectivity index (χ1n) is 8.02. The molecular weight excluding hydrogens is 278 g/mol. The number of H-pyrrole nitrogens is 1. The van der Waals surface area contributed by atoms with Crippen molar-refractivity contribution in [2.24, 2.45) is 5.92 Å². The molecule has 1 unspecified atom stereocenters. The van der Waals surface area contributed by atoms with Crippen LogP contribution in [0.4, 0.5) is 0 Å². The summed E-state index contributed by atoms with van der Waals surface area (Å²) in [5.41, 5.74) is 3.50. The summed E-state index contributed by atoms with van der Waals surface area (Å²) >= 11 is 1.85. The molecule has 0 bridgehead atoms. The van der Waals surface area contributed by atoms with Crippen molar-refractivity contribution < 1.29 is 0 Å². The number of rotatable bonds is 5. The van der Waals surface area contributed by atoms with E-state index in [1.807, 2.05) is 11.8 Å². The van der Waals surface area contributed by atoms with Crippen LogP contribution in [-0.2, 0) is 0 Å². The average Bonchev–Trinajstić information content (AvgIpc) is 2.91. The van der Waals surface area contributed by atoms with Crippen molar-refractivity contribution in [1.29, 1.82) is 0 Å². The Hall–Kier alpha value is -1.00. The van der Waals surface area contributed by atoms with Crippen LogP contribution in [0, 0.1) is 12.8 Å². The number of fused-ring (bicyclic) bond motifs is 1. The molecular formula is C17H25N3S. The van der Waals surface area contributed by atoms with Gasteiger partial charge in [0.25, 0.3) is 0 Å². The van der Waals surface area contributed by atoms with Gasteiger partial charge in [0.05, 0.1) is 11.0 Å². The van der Waals surface area contributed by atoms with E-state index < -0.39 is 0 Å². The van der Waals surface area contributed by atoms with Gasteiger partial charge in [0, 0.05) is 11.8 Å². The second kappa shape index (κ2) is 6.84. The van der Waals surface area contributed by atoms with Crippen molar-refractivity contribution in [2.75, 3.05) is 12.8 Å². The number of benzene rings is 1. The van der Waals surface area contributed by atoms with Crippen LogP contribution in [0.5, 0.6) is 0 Å². The third kappa shape index (κ3) is 3.61. The van der Waals surface area contributed by atoms with Gasteiger partial charge in [-0.3, -0.25) is 0 Å². The summed E-state index contributed by atoms with van der Waals surface area (Å²) in [5.74, 6) is 1.93. The van der Waals surface area contributed by atoms with E-state index in [0.717, 1.165) is 27.9 Å². The minimum atomic E-state index is 0.602. The summed E-state index contributed by atoms with van der Waals surface area (Å²) in [6.07, 6.45) is 6.98. The second-order valence-electron chi connectivity index (χ2n) is 6.17. The van der Waals surface area contributed by atoms with E-state index >= 15 is 0 Å². The van der Waals surface area contributed by atoms with Crippen LogP contribution in [0.25, 0.3) is 11.0 Å². The Bertz CT molecular complexity index is 587. The van der Waals surface area contributed by atoms with E-state index in [9.17, 15) is 0 Å². The zero-order chi connectivity index (χ0) is 14.7. The van der Waals surface area contributed by atoms with Crippen LogP contribution < -0.4 is 5.32 Å². The van der Waals surface area contributed by atoms with Crippen LogP contribution in [0.2, 0.25) is 0 Å². The summed E-state index contributed by atoms with van der Waals surface area (Å²) in [6.45, 7) is 2.12. The molecule has 1 saturated carbocycles. The number of hydrogen-bond donors (Lipinski definition) is 2. The van der Waals surface area contributed by atoms with Crippen LogP contribution in [0.3, 0.4) is 0 Å². The lowest BCUT2D eigenvalue weighted by Crippen LogP contribution is -2.36. The molecule has 3 rings (SSSR count). The maximum Gasteiger partial charge on any atom is 0.166 e. The van der Waals surface area contributed by atoms with Gasteiger partial charge in [-0.1, -0.05) is 37.1 Å². The van der Waals surface area contributed by atoms with E-state index in [2.05, 4.69) is 47.5 Å². The van der Waals surface area contributed by atoms with E-state index in [4.69, 9.17) is 0 Å². The number of aryl methyl sites for hydroxylation is 1. The normalized spacial score (nSPS) is 18.2. The van der Waals surface area contributed by atoms with Crippen molar-refractivity contribution >= 4 is 22.8 Å². The number of aromatic nitrogens is 2. The lowest BCUT2D eigenvalue weighted by molar-refractivity contribution is 0.294. The molecule has 1 fully saturated rings. The number of aromatic amines is 1. The SMILES string of the molecule is CNC(CSc1nc2ccc(C)cc2[nH]1)C1CCCCC1. The largest absolute Gasteiger partial charge is 0.333 e. The lowest BCUT2D eigenvalue weighted by Gasteiger charge is -2.29. The molecule has 0 spiro atoms. The molecule has 0 amide bonds. The second-order valence-corrected chi connectivity index (χ2v) is 7.18. The zero-order valence-electron chi connectivity index (χ0n) is 13.0. The summed E-state index contributed by atoms with van der Waals surface area (Å²) in [4.78, 5) is 8.13. The summed E-state index contributed by atoms with van der Waals surface area (Å²) in [5, 5.41) is 4.57. The van der Waals surface area contributed by atoms with Gasteiger partial charge in [0.2, 0.25) is 0 Å². The van der Waals surface area contributed by atoms with Gasteiger partial charge >= 0.3 is 0 Å². The molecule has 1 aromatic heterocycles. The molecule has 0 saturated heterocycles. The first-order chi connectivity index (χ1) is 10.3. The summed E-state index contributed by atoms with van der Waals surface area (Å²) in [7, 11) is 2.10. The molecule has 1 heterocycles. The van der Waals surface area contributed by atoms with Crippen molar-refractivity contribution in [1.82, 2.24) is 15.3 Å². The van der Waals surface area contributed by atoms with Gasteiger partial charge in [-0.2, -0.15) is 0 Å². The third-order valence-electron chi connectivity index (χ3n) is 4.60. The van der Waals surface area contributed by atoms with E-state index in [1.165, 1.54) is 37.7 Å². The highest BCUT2D eigenvalue weighted by Crippen LogP contribution is 2.29. The number of imidazole rings is 1. The van der Waals surface area contributed by atoms with E-state index in [1.54, 1.807) is 0 Å². The fourth-order valence-corrected chi connectivity index (χ4v) is 4.45. The molecule has 1 aliphatic rings. The van der Waals surface area contributed by atoms with E-state index in [0.29, 0.717) is 6.04 Å². The van der Waals surface area contributed by atoms with Crippen molar-refractivity contribution in [3.8, 4) is 0 Å². The van der Waals surface area contributed by atoms with E-state index in [-0.39, 0.29) is 0 Å². The molecule has 1 aromatic carbocycles. The maximum atomic E-state index is 4.68. The topological polar surface area (TPSA) is 40.7 Å². The lowest BCUT2D eigenvalue weighted by atomic mass is 9.84. The smallest absolute Gasteiger partial charge is 0.166 e. The predicted octanol–water partition coefficient (Wildman–Crippen LogP) is 4.13. The molecule has 1 atom stereocenters. The fourth-order valence-electron chi connectivity index (χ4n) is 3.33. The molecule has 2 N–H and O–H groups in total. The van der Waals surface area contributed by atoms with Gasteiger partial charge < -0.3 is 10.3 Å². The molecule has 3 nitrogen and oxygen atoms in total. The van der Waals surface area contributed by atoms with Crippen LogP contribution >= 0.6 is 11.8 Å². The van der Waals surface area contributed by atoms with Gasteiger partial charge in [-0.25, -0.2) is 4.98 Å². The van der Waals surface area contributed by atoms with Gasteiger partial charge in [0.1, 0.15) is 0 Å². The Morgan fingerprint density at radius 2 is 2.14 bits per heavy atom. The Balaban J connectivity index is 1.64. The van der Waals surface area contributed by atoms with Gasteiger partial charge in [-0.15, -0.1) is 0 Å². The first kappa shape index (κ1) is 14.9. The Morgan fingerprint density at radius 1 is 1.33 bits per heavy atom. The molecule has 0 aliphatic heterocycles. The van der Waals surface area contributed by atoms with Crippen molar-refractivity contribution in [3.63, 3.8) is 0 Å². The fraction of sp³-hybridized carbons (Fsp3) is 0.588. The Labute approximate surface area is 131 Å². The third-order valence-corrected chi connectivity index (χ3v) is 5.60. The highest BCUT2D eigenvalue weighted by atomic mass is 32.2. The number of nitrogens with zero attached hydrogens (tertiary/aromatic N) is 1. The summed E-state index contributed by atoms with van der Waals surface area (Å²) < 4.78 is 0. The maximum absolute atomic E-state index is 4.68. The van der Waals surface area contributed by atoms with Crippen LogP contribution in [-0.4, -0.2) is 28.8 Å². The molecule has 4 heteroatoms. The van der Waals surface area contributed by atoms with Crippen LogP contribution in [0.1, 0.15) is 37.7 Å². The van der Waals surface area contributed by atoms with Crippen LogP contribution in [0.15, 0.2) is 23.4 Å². The quantitative estimate of drug-likeness (QED) is 0.816. The average molecular weight is 303 g/mol. The van der Waals surface area contributed by atoms with Gasteiger partial charge in [-0.05, 0) is 50.4 Å². The number of hydrogen-bond acceptors (Lipinski definition) is 3.